The molecule has 0 aliphatic carbocycles. The van der Waals surface area contributed by atoms with E-state index in [9.17, 15) is 9.59 Å². The number of likely N-dealkylation sites (tertiary alicyclic amines) is 1. The molecule has 1 fully saturated rings. The first kappa shape index (κ1) is 28.9. The van der Waals surface area contributed by atoms with Crippen LogP contribution in [0.5, 0.6) is 0 Å². The predicted octanol–water partition coefficient (Wildman–Crippen LogP) is 4.14. The third-order valence-electron chi connectivity index (χ3n) is 6.38. The summed E-state index contributed by atoms with van der Waals surface area (Å²) in [5.41, 5.74) is -0.242. The highest BCUT2D eigenvalue weighted by molar-refractivity contribution is 5.78. The minimum Gasteiger partial charge on any atom is -0.380 e. The molecule has 1 heterocycles. The Morgan fingerprint density at radius 3 is 1.91 bits per heavy atom. The Kier molecular flexibility index (Phi) is 11.7. The van der Waals surface area contributed by atoms with Gasteiger partial charge in [-0.1, -0.05) is 48.5 Å². The van der Waals surface area contributed by atoms with E-state index in [0.29, 0.717) is 38.6 Å². The number of rotatable bonds is 13. The summed E-state index contributed by atoms with van der Waals surface area (Å²) >= 11 is 0. The molecule has 1 saturated heterocycles. The lowest BCUT2D eigenvalue weighted by Crippen LogP contribution is -2.46. The normalized spacial score (nSPS) is 16.4. The summed E-state index contributed by atoms with van der Waals surface area (Å²) < 4.78 is 6.18. The summed E-state index contributed by atoms with van der Waals surface area (Å²) in [6.07, 6.45) is 2.86. The maximum absolute atomic E-state index is 13.0. The van der Waals surface area contributed by atoms with Crippen molar-refractivity contribution in [2.45, 2.75) is 74.7 Å². The fraction of sp³-hybridized carbons (Fsp3) is 0.923. The minimum atomic E-state index is -0.129. The monoisotopic (exact) mass is 453 g/mol. The van der Waals surface area contributed by atoms with E-state index in [1.54, 1.807) is 0 Å². The maximum atomic E-state index is 13.0. The van der Waals surface area contributed by atoms with Crippen LogP contribution in [-0.4, -0.2) is 86.0 Å². The molecule has 0 N–H and O–H groups in total. The fourth-order valence-electron chi connectivity index (χ4n) is 4.48. The predicted molar refractivity (Wildman–Crippen MR) is 133 cm³/mol. The Morgan fingerprint density at radius 1 is 0.969 bits per heavy atom. The summed E-state index contributed by atoms with van der Waals surface area (Å²) in [7, 11) is 2.17. The van der Waals surface area contributed by atoms with Gasteiger partial charge in [0.1, 0.15) is 0 Å². The van der Waals surface area contributed by atoms with Gasteiger partial charge in [-0.2, -0.15) is 0 Å². The van der Waals surface area contributed by atoms with Gasteiger partial charge in [0.2, 0.25) is 11.8 Å². The molecule has 0 saturated carbocycles. The van der Waals surface area contributed by atoms with Gasteiger partial charge in [-0.15, -0.1) is 0 Å². The molecule has 1 rings (SSSR count). The summed E-state index contributed by atoms with van der Waals surface area (Å²) in [5.74, 6) is 1.03. The second-order valence-corrected chi connectivity index (χ2v) is 11.7. The number of hydrogen-bond acceptors (Lipinski definition) is 4. The van der Waals surface area contributed by atoms with Crippen molar-refractivity contribution in [3.05, 3.63) is 0 Å². The third-order valence-corrected chi connectivity index (χ3v) is 6.38. The van der Waals surface area contributed by atoms with Crippen LogP contribution in [0.3, 0.4) is 0 Å². The van der Waals surface area contributed by atoms with Crippen LogP contribution < -0.4 is 0 Å². The molecular weight excluding hydrogens is 402 g/mol. The quantitative estimate of drug-likeness (QED) is 0.421. The second kappa shape index (κ2) is 12.9. The van der Waals surface area contributed by atoms with Crippen molar-refractivity contribution in [1.29, 1.82) is 0 Å². The van der Waals surface area contributed by atoms with Crippen LogP contribution >= 0.6 is 0 Å². The third kappa shape index (κ3) is 10.2. The first-order valence-electron chi connectivity index (χ1n) is 12.6. The van der Waals surface area contributed by atoms with Crippen molar-refractivity contribution >= 4 is 11.8 Å². The van der Waals surface area contributed by atoms with Crippen LogP contribution in [0.2, 0.25) is 0 Å². The van der Waals surface area contributed by atoms with Gasteiger partial charge in [0.25, 0.3) is 0 Å². The van der Waals surface area contributed by atoms with Crippen LogP contribution in [0, 0.1) is 22.7 Å². The van der Waals surface area contributed by atoms with Crippen molar-refractivity contribution in [1.82, 2.24) is 14.7 Å². The molecule has 0 unspecified atom stereocenters. The van der Waals surface area contributed by atoms with Crippen molar-refractivity contribution < 1.29 is 14.3 Å². The number of hydrogen-bond donors (Lipinski definition) is 0. The summed E-state index contributed by atoms with van der Waals surface area (Å²) in [4.78, 5) is 31.5. The zero-order valence-electron chi connectivity index (χ0n) is 22.5. The number of amides is 2. The smallest absolute Gasteiger partial charge is 0.225 e. The first-order valence-corrected chi connectivity index (χ1v) is 12.6. The molecule has 0 spiro atoms. The largest absolute Gasteiger partial charge is 0.380 e. The van der Waals surface area contributed by atoms with Gasteiger partial charge in [0.15, 0.2) is 0 Å². The molecule has 2 amide bonds. The van der Waals surface area contributed by atoms with Crippen LogP contribution in [0.25, 0.3) is 0 Å². The molecule has 0 aromatic carbocycles. The van der Waals surface area contributed by atoms with Crippen molar-refractivity contribution in [2.75, 3.05) is 59.5 Å². The van der Waals surface area contributed by atoms with Crippen molar-refractivity contribution in [3.8, 4) is 0 Å². The Bertz CT molecular complexity index is 581. The molecule has 6 heteroatoms. The SMILES string of the molecule is CCC(=O)N(CC)CC(C)(C)COCC(C)(C)CN(CC1CCN(C)CC1)C(=O)C(C)C. The number of piperidine rings is 1. The lowest BCUT2D eigenvalue weighted by molar-refractivity contribution is -0.137. The molecule has 0 aromatic heterocycles. The molecule has 0 atom stereocenters. The number of carbonyl (C=O) groups excluding carboxylic acids is 2. The zero-order chi connectivity index (χ0) is 24.5. The number of ether oxygens (including phenoxy) is 1. The van der Waals surface area contributed by atoms with E-state index >= 15 is 0 Å². The Labute approximate surface area is 198 Å². The fourth-order valence-corrected chi connectivity index (χ4v) is 4.48. The average molecular weight is 454 g/mol. The van der Waals surface area contributed by atoms with Gasteiger partial charge in [0, 0.05) is 49.3 Å². The topological polar surface area (TPSA) is 53.1 Å². The number of nitrogens with zero attached hydrogens (tertiary/aromatic N) is 3. The van der Waals surface area contributed by atoms with E-state index in [4.69, 9.17) is 4.74 Å². The van der Waals surface area contributed by atoms with Crippen LogP contribution in [0.1, 0.15) is 74.7 Å². The molecule has 1 aliphatic heterocycles. The van der Waals surface area contributed by atoms with E-state index in [0.717, 1.165) is 39.0 Å². The highest BCUT2D eigenvalue weighted by atomic mass is 16.5. The highest BCUT2D eigenvalue weighted by Crippen LogP contribution is 2.25. The second-order valence-electron chi connectivity index (χ2n) is 11.7. The van der Waals surface area contributed by atoms with E-state index in [2.05, 4.69) is 44.5 Å². The molecule has 6 nitrogen and oxygen atoms in total. The van der Waals surface area contributed by atoms with Gasteiger partial charge >= 0.3 is 0 Å². The zero-order valence-corrected chi connectivity index (χ0v) is 22.5. The molecule has 0 aromatic rings. The first-order chi connectivity index (χ1) is 14.8. The van der Waals surface area contributed by atoms with Gasteiger partial charge in [-0.25, -0.2) is 0 Å². The van der Waals surface area contributed by atoms with Gasteiger partial charge < -0.3 is 19.4 Å². The van der Waals surface area contributed by atoms with Crippen molar-refractivity contribution in [2.24, 2.45) is 22.7 Å². The summed E-state index contributed by atoms with van der Waals surface area (Å²) in [6, 6.07) is 0. The highest BCUT2D eigenvalue weighted by Gasteiger charge is 2.31. The average Bonchev–Trinajstić information content (AvgIpc) is 2.71. The van der Waals surface area contributed by atoms with E-state index in [-0.39, 0.29) is 28.6 Å². The minimum absolute atomic E-state index is 0.00745. The van der Waals surface area contributed by atoms with Crippen LogP contribution in [-0.2, 0) is 14.3 Å². The van der Waals surface area contributed by atoms with E-state index in [1.165, 1.54) is 0 Å². The summed E-state index contributed by atoms with van der Waals surface area (Å²) in [5, 5.41) is 0. The Morgan fingerprint density at radius 2 is 1.47 bits per heavy atom. The lowest BCUT2D eigenvalue weighted by Gasteiger charge is -2.38. The van der Waals surface area contributed by atoms with E-state index in [1.807, 2.05) is 32.6 Å². The van der Waals surface area contributed by atoms with Gasteiger partial charge in [-0.05, 0) is 45.8 Å². The van der Waals surface area contributed by atoms with Crippen LogP contribution in [0.4, 0.5) is 0 Å². The molecule has 1 aliphatic rings. The Balaban J connectivity index is 2.65. The maximum Gasteiger partial charge on any atom is 0.225 e. The van der Waals surface area contributed by atoms with Crippen LogP contribution in [0.15, 0.2) is 0 Å². The van der Waals surface area contributed by atoms with E-state index < -0.39 is 0 Å². The van der Waals surface area contributed by atoms with Gasteiger partial charge in [0.05, 0.1) is 13.2 Å². The number of carbonyl (C=O) groups is 2. The molecular formula is C26H51N3O3. The molecule has 0 radical (unpaired) electrons. The lowest BCUT2D eigenvalue weighted by atomic mass is 9.90. The standard InChI is InChI=1S/C26H51N3O3/c1-10-23(30)28(11-2)17-25(5,6)19-32-20-26(7,8)18-29(24(31)21(3)4)16-22-12-14-27(9)15-13-22/h21-22H,10-20H2,1-9H3. The Hall–Kier alpha value is -1.14. The molecule has 188 valence electrons. The summed E-state index contributed by atoms with van der Waals surface area (Å²) in [6.45, 7) is 23.0. The van der Waals surface area contributed by atoms with Crippen molar-refractivity contribution in [3.63, 3.8) is 0 Å². The molecule has 32 heavy (non-hydrogen) atoms. The van der Waals surface area contributed by atoms with Gasteiger partial charge in [-0.3, -0.25) is 9.59 Å². The molecule has 0 bridgehead atoms.